The lowest BCUT2D eigenvalue weighted by molar-refractivity contribution is -0.153. The normalized spacial score (nSPS) is 22.7. The van der Waals surface area contributed by atoms with Gasteiger partial charge in [-0.05, 0) is 30.4 Å². The Bertz CT molecular complexity index is 561. The van der Waals surface area contributed by atoms with Gasteiger partial charge in [-0.1, -0.05) is 49.9 Å². The second-order valence-electron chi connectivity index (χ2n) is 6.41. The molecule has 0 radical (unpaired) electrons. The van der Waals surface area contributed by atoms with E-state index in [0.29, 0.717) is 6.54 Å². The van der Waals surface area contributed by atoms with E-state index in [1.165, 1.54) is 12.8 Å². The zero-order valence-corrected chi connectivity index (χ0v) is 12.8. The van der Waals surface area contributed by atoms with Crippen molar-refractivity contribution in [3.63, 3.8) is 0 Å². The average Bonchev–Trinajstić information content (AvgIpc) is 2.82. The van der Waals surface area contributed by atoms with Gasteiger partial charge < -0.3 is 10.0 Å². The molecule has 1 unspecified atom stereocenters. The molecule has 1 aliphatic heterocycles. The Labute approximate surface area is 131 Å². The number of hydrogen-bond acceptors (Lipinski definition) is 2. The minimum Gasteiger partial charge on any atom is -0.479 e. The van der Waals surface area contributed by atoms with Crippen LogP contribution in [-0.4, -0.2) is 28.4 Å². The van der Waals surface area contributed by atoms with Crippen molar-refractivity contribution in [3.8, 4) is 0 Å². The average molecular weight is 301 g/mol. The second kappa shape index (κ2) is 6.51. The van der Waals surface area contributed by atoms with Crippen LogP contribution in [0.25, 0.3) is 0 Å². The smallest absolute Gasteiger partial charge is 0.331 e. The number of aliphatic carboxylic acids is 1. The van der Waals surface area contributed by atoms with Crippen LogP contribution in [0.2, 0.25) is 0 Å². The molecule has 1 atom stereocenters. The number of amides is 1. The fraction of sp³-hybridized carbons (Fsp3) is 0.556. The molecule has 1 aliphatic carbocycles. The van der Waals surface area contributed by atoms with Crippen molar-refractivity contribution in [2.24, 2.45) is 5.92 Å². The zero-order chi connectivity index (χ0) is 15.5. The van der Waals surface area contributed by atoms with Gasteiger partial charge in [0.05, 0.1) is 0 Å². The maximum Gasteiger partial charge on any atom is 0.331 e. The second-order valence-corrected chi connectivity index (χ2v) is 6.41. The molecule has 0 aromatic heterocycles. The van der Waals surface area contributed by atoms with Gasteiger partial charge in [-0.25, -0.2) is 4.79 Å². The van der Waals surface area contributed by atoms with E-state index in [1.807, 2.05) is 24.3 Å². The minimum absolute atomic E-state index is 0.00890. The Morgan fingerprint density at radius 2 is 1.73 bits per heavy atom. The quantitative estimate of drug-likeness (QED) is 0.854. The summed E-state index contributed by atoms with van der Waals surface area (Å²) in [7, 11) is 0. The fourth-order valence-corrected chi connectivity index (χ4v) is 3.83. The molecule has 3 rings (SSSR count). The number of hydrogen-bond donors (Lipinski definition) is 1. The predicted molar refractivity (Wildman–Crippen MR) is 83.4 cm³/mol. The summed E-state index contributed by atoms with van der Waals surface area (Å²) in [5.74, 6) is -0.868. The molecule has 1 heterocycles. The third-order valence-corrected chi connectivity index (χ3v) is 5.00. The summed E-state index contributed by atoms with van der Waals surface area (Å²) in [6.45, 7) is 0.517. The lowest BCUT2D eigenvalue weighted by Crippen LogP contribution is -2.46. The van der Waals surface area contributed by atoms with Gasteiger partial charge >= 0.3 is 5.97 Å². The molecule has 1 aromatic carbocycles. The molecule has 1 fully saturated rings. The monoisotopic (exact) mass is 301 g/mol. The summed E-state index contributed by atoms with van der Waals surface area (Å²) in [4.78, 5) is 26.3. The topological polar surface area (TPSA) is 57.6 Å². The third kappa shape index (κ3) is 2.87. The Morgan fingerprint density at radius 1 is 1.05 bits per heavy atom. The lowest BCUT2D eigenvalue weighted by Gasteiger charge is -2.36. The molecule has 22 heavy (non-hydrogen) atoms. The number of carboxylic acids is 1. The van der Waals surface area contributed by atoms with Gasteiger partial charge in [-0.2, -0.15) is 0 Å². The maximum absolute atomic E-state index is 12.9. The highest BCUT2D eigenvalue weighted by molar-refractivity contribution is 5.86. The van der Waals surface area contributed by atoms with Crippen LogP contribution in [0.3, 0.4) is 0 Å². The van der Waals surface area contributed by atoms with E-state index in [9.17, 15) is 14.7 Å². The van der Waals surface area contributed by atoms with Gasteiger partial charge in [0.25, 0.3) is 0 Å². The number of fused-ring (bicyclic) bond motifs is 1. The Balaban J connectivity index is 1.86. The number of carbonyl (C=O) groups excluding carboxylic acids is 1. The van der Waals surface area contributed by atoms with E-state index in [0.717, 1.165) is 43.2 Å². The van der Waals surface area contributed by atoms with Crippen LogP contribution in [0, 0.1) is 5.92 Å². The van der Waals surface area contributed by atoms with E-state index in [-0.39, 0.29) is 11.8 Å². The third-order valence-electron chi connectivity index (χ3n) is 5.00. The molecule has 0 bridgehead atoms. The number of nitrogens with zero attached hydrogens (tertiary/aromatic N) is 1. The molecule has 4 heteroatoms. The van der Waals surface area contributed by atoms with Crippen LogP contribution < -0.4 is 0 Å². The van der Waals surface area contributed by atoms with E-state index in [1.54, 1.807) is 4.90 Å². The first-order valence-electron chi connectivity index (χ1n) is 8.29. The fourth-order valence-electron chi connectivity index (χ4n) is 3.83. The van der Waals surface area contributed by atoms with Crippen LogP contribution in [0.15, 0.2) is 24.3 Å². The Hall–Kier alpha value is -1.84. The first-order valence-corrected chi connectivity index (χ1v) is 8.29. The number of rotatable bonds is 2. The zero-order valence-electron chi connectivity index (χ0n) is 12.8. The van der Waals surface area contributed by atoms with Crippen LogP contribution >= 0.6 is 0 Å². The predicted octanol–water partition coefficient (Wildman–Crippen LogP) is 3.17. The summed E-state index contributed by atoms with van der Waals surface area (Å²) in [6.07, 6.45) is 7.10. The number of benzene rings is 1. The molecule has 0 spiro atoms. The van der Waals surface area contributed by atoms with Gasteiger partial charge in [0.1, 0.15) is 0 Å². The van der Waals surface area contributed by atoms with Crippen molar-refractivity contribution in [2.45, 2.75) is 51.0 Å². The molecule has 0 saturated heterocycles. The van der Waals surface area contributed by atoms with Crippen molar-refractivity contribution in [1.82, 2.24) is 4.90 Å². The van der Waals surface area contributed by atoms with Crippen LogP contribution in [0.5, 0.6) is 0 Å². The van der Waals surface area contributed by atoms with Crippen molar-refractivity contribution < 1.29 is 14.7 Å². The first kappa shape index (κ1) is 15.1. The number of carbonyl (C=O) groups is 2. The van der Waals surface area contributed by atoms with Crippen molar-refractivity contribution >= 4 is 11.9 Å². The van der Waals surface area contributed by atoms with Gasteiger partial charge in [0.2, 0.25) is 5.91 Å². The largest absolute Gasteiger partial charge is 0.479 e. The van der Waals surface area contributed by atoms with Gasteiger partial charge in [-0.15, -0.1) is 0 Å². The molecular formula is C18H23NO3. The van der Waals surface area contributed by atoms with Crippen molar-refractivity contribution in [3.05, 3.63) is 35.4 Å². The molecular weight excluding hydrogens is 278 g/mol. The van der Waals surface area contributed by atoms with E-state index in [4.69, 9.17) is 0 Å². The van der Waals surface area contributed by atoms with Crippen molar-refractivity contribution in [1.29, 1.82) is 0 Å². The summed E-state index contributed by atoms with van der Waals surface area (Å²) in [6, 6.07) is 6.79. The molecule has 2 aliphatic rings. The first-order chi connectivity index (χ1) is 10.7. The summed E-state index contributed by atoms with van der Waals surface area (Å²) in [5, 5.41) is 9.66. The Kier molecular flexibility index (Phi) is 4.46. The van der Waals surface area contributed by atoms with Gasteiger partial charge in [0.15, 0.2) is 6.04 Å². The molecule has 1 saturated carbocycles. The van der Waals surface area contributed by atoms with Crippen molar-refractivity contribution in [2.75, 3.05) is 6.54 Å². The maximum atomic E-state index is 12.9. The summed E-state index contributed by atoms with van der Waals surface area (Å²) < 4.78 is 0. The highest BCUT2D eigenvalue weighted by atomic mass is 16.4. The van der Waals surface area contributed by atoms with Crippen LogP contribution in [0.4, 0.5) is 0 Å². The van der Waals surface area contributed by atoms with Crippen LogP contribution in [-0.2, 0) is 16.0 Å². The highest BCUT2D eigenvalue weighted by Gasteiger charge is 2.38. The summed E-state index contributed by atoms with van der Waals surface area (Å²) in [5.41, 5.74) is 1.84. The molecule has 118 valence electrons. The van der Waals surface area contributed by atoms with E-state index in [2.05, 4.69) is 0 Å². The molecule has 1 N–H and O–H groups in total. The Morgan fingerprint density at radius 3 is 2.41 bits per heavy atom. The SMILES string of the molecule is O=C(O)C1c2ccccc2CCN1C(=O)C1CCCCCC1. The lowest BCUT2D eigenvalue weighted by atomic mass is 9.90. The number of carboxylic acid groups (broad SMARTS) is 1. The standard InChI is InChI=1S/C18H23NO3/c20-17(14-8-3-1-2-4-9-14)19-12-11-13-7-5-6-10-15(13)16(19)18(21)22/h5-7,10,14,16H,1-4,8-9,11-12H2,(H,21,22). The van der Waals surface area contributed by atoms with E-state index < -0.39 is 12.0 Å². The summed E-state index contributed by atoms with van der Waals surface area (Å²) >= 11 is 0. The van der Waals surface area contributed by atoms with Gasteiger partial charge in [-0.3, -0.25) is 4.79 Å². The van der Waals surface area contributed by atoms with Gasteiger partial charge in [0, 0.05) is 12.5 Å². The molecule has 1 amide bonds. The molecule has 1 aromatic rings. The van der Waals surface area contributed by atoms with Crippen LogP contribution in [0.1, 0.15) is 55.7 Å². The van der Waals surface area contributed by atoms with E-state index >= 15 is 0 Å². The minimum atomic E-state index is -0.922. The molecule has 4 nitrogen and oxygen atoms in total. The highest BCUT2D eigenvalue weighted by Crippen LogP contribution is 2.33.